The van der Waals surface area contributed by atoms with Crippen molar-refractivity contribution in [3.05, 3.63) is 58.8 Å². The number of rotatable bonds is 6. The first-order valence-electron chi connectivity index (χ1n) is 12.5. The average Bonchev–Trinajstić information content (AvgIpc) is 3.30. The first-order chi connectivity index (χ1) is 17.9. The number of carbonyl (C=O) groups excluding carboxylic acids is 3. The molecule has 2 aromatic heterocycles. The van der Waals surface area contributed by atoms with Gasteiger partial charge in [0.1, 0.15) is 23.7 Å². The second-order valence-electron chi connectivity index (χ2n) is 9.99. The number of Topliss-reactive ketones (excluding diaryl/α,β-unsaturated/α-hetero) is 1. The Morgan fingerprint density at radius 3 is 2.76 bits per heavy atom. The number of halogens is 1. The van der Waals surface area contributed by atoms with Gasteiger partial charge in [-0.15, -0.1) is 0 Å². The van der Waals surface area contributed by atoms with Crippen molar-refractivity contribution in [2.24, 2.45) is 11.8 Å². The minimum atomic E-state index is -0.722. The van der Waals surface area contributed by atoms with Gasteiger partial charge in [-0.1, -0.05) is 6.07 Å². The SMILES string of the molecule is O=C1COc2ccc(CNC(=O)c3cc(C(=O)NC[C@@H]4CN5CCC4CC5)n4ncc(F)c4n3)cc2C1. The van der Waals surface area contributed by atoms with Crippen LogP contribution in [-0.4, -0.2) is 69.9 Å². The van der Waals surface area contributed by atoms with Gasteiger partial charge in [-0.05, 0) is 55.5 Å². The Morgan fingerprint density at radius 1 is 1.14 bits per heavy atom. The summed E-state index contributed by atoms with van der Waals surface area (Å²) in [5.41, 5.74) is 1.31. The van der Waals surface area contributed by atoms with Crippen LogP contribution >= 0.6 is 0 Å². The molecule has 4 aliphatic rings. The number of ether oxygens (including phenoxy) is 1. The van der Waals surface area contributed by atoms with Crippen LogP contribution in [-0.2, 0) is 17.8 Å². The van der Waals surface area contributed by atoms with Gasteiger partial charge in [0.25, 0.3) is 11.8 Å². The van der Waals surface area contributed by atoms with Crippen molar-refractivity contribution in [1.29, 1.82) is 0 Å². The number of ketones is 1. The van der Waals surface area contributed by atoms with Crippen LogP contribution in [0.3, 0.4) is 0 Å². The molecule has 0 saturated carbocycles. The number of fused-ring (bicyclic) bond motifs is 5. The van der Waals surface area contributed by atoms with Gasteiger partial charge in [0.2, 0.25) is 0 Å². The molecule has 2 N–H and O–H groups in total. The van der Waals surface area contributed by atoms with Gasteiger partial charge in [-0.2, -0.15) is 5.10 Å². The van der Waals surface area contributed by atoms with Gasteiger partial charge < -0.3 is 20.3 Å². The summed E-state index contributed by atoms with van der Waals surface area (Å²) in [6.45, 7) is 3.93. The van der Waals surface area contributed by atoms with Crippen molar-refractivity contribution >= 4 is 23.2 Å². The zero-order valence-electron chi connectivity index (χ0n) is 20.2. The largest absolute Gasteiger partial charge is 0.486 e. The maximum Gasteiger partial charge on any atom is 0.270 e. The van der Waals surface area contributed by atoms with Crippen LogP contribution in [0.2, 0.25) is 0 Å². The molecule has 4 aliphatic heterocycles. The van der Waals surface area contributed by atoms with Crippen LogP contribution in [0, 0.1) is 17.7 Å². The highest BCUT2D eigenvalue weighted by Crippen LogP contribution is 2.31. The van der Waals surface area contributed by atoms with E-state index in [1.807, 2.05) is 6.07 Å². The van der Waals surface area contributed by atoms with Gasteiger partial charge in [0.15, 0.2) is 17.2 Å². The minimum absolute atomic E-state index is 0.00618. The van der Waals surface area contributed by atoms with E-state index in [1.165, 1.54) is 6.07 Å². The molecule has 192 valence electrons. The van der Waals surface area contributed by atoms with E-state index in [1.54, 1.807) is 12.1 Å². The van der Waals surface area contributed by atoms with Crippen LogP contribution in [0.5, 0.6) is 5.75 Å². The average molecular weight is 507 g/mol. The summed E-state index contributed by atoms with van der Waals surface area (Å²) in [5.74, 6) is -0.0849. The Kier molecular flexibility index (Phi) is 6.07. The van der Waals surface area contributed by atoms with Crippen LogP contribution in [0.1, 0.15) is 44.9 Å². The molecular formula is C26H27FN6O4. The maximum absolute atomic E-state index is 14.4. The lowest BCUT2D eigenvalue weighted by molar-refractivity contribution is -0.121. The third kappa shape index (κ3) is 4.66. The fourth-order valence-electron chi connectivity index (χ4n) is 5.56. The summed E-state index contributed by atoms with van der Waals surface area (Å²) in [4.78, 5) is 44.3. The molecule has 11 heteroatoms. The molecule has 7 rings (SSSR count). The Bertz CT molecular complexity index is 1400. The molecular weight excluding hydrogens is 479 g/mol. The van der Waals surface area contributed by atoms with E-state index in [0.29, 0.717) is 24.1 Å². The molecule has 2 amide bonds. The van der Waals surface area contributed by atoms with Gasteiger partial charge in [0, 0.05) is 37.7 Å². The fourth-order valence-corrected chi connectivity index (χ4v) is 5.56. The van der Waals surface area contributed by atoms with Crippen LogP contribution < -0.4 is 15.4 Å². The summed E-state index contributed by atoms with van der Waals surface area (Å²) < 4.78 is 20.9. The maximum atomic E-state index is 14.4. The molecule has 0 aliphatic carbocycles. The molecule has 3 aromatic rings. The van der Waals surface area contributed by atoms with E-state index >= 15 is 0 Å². The van der Waals surface area contributed by atoms with E-state index in [9.17, 15) is 18.8 Å². The number of amides is 2. The van der Waals surface area contributed by atoms with Gasteiger partial charge in [0.05, 0.1) is 6.20 Å². The molecule has 0 spiro atoms. The molecule has 10 nitrogen and oxygen atoms in total. The third-order valence-corrected chi connectivity index (χ3v) is 7.56. The van der Waals surface area contributed by atoms with E-state index in [-0.39, 0.29) is 42.4 Å². The molecule has 3 fully saturated rings. The van der Waals surface area contributed by atoms with Crippen molar-refractivity contribution in [2.45, 2.75) is 25.8 Å². The minimum Gasteiger partial charge on any atom is -0.486 e. The van der Waals surface area contributed by atoms with Crippen LogP contribution in [0.15, 0.2) is 30.5 Å². The number of carbonyl (C=O) groups is 3. The molecule has 6 heterocycles. The molecule has 37 heavy (non-hydrogen) atoms. The molecule has 0 radical (unpaired) electrons. The predicted octanol–water partition coefficient (Wildman–Crippen LogP) is 1.37. The number of hydrogen-bond acceptors (Lipinski definition) is 7. The van der Waals surface area contributed by atoms with Gasteiger partial charge >= 0.3 is 0 Å². The smallest absolute Gasteiger partial charge is 0.270 e. The number of hydrogen-bond donors (Lipinski definition) is 2. The Balaban J connectivity index is 1.17. The lowest BCUT2D eigenvalue weighted by Gasteiger charge is -2.44. The van der Waals surface area contributed by atoms with Crippen molar-refractivity contribution in [2.75, 3.05) is 32.8 Å². The van der Waals surface area contributed by atoms with Gasteiger partial charge in [-0.25, -0.2) is 13.9 Å². The van der Waals surface area contributed by atoms with Crippen molar-refractivity contribution < 1.29 is 23.5 Å². The van der Waals surface area contributed by atoms with E-state index < -0.39 is 17.6 Å². The second kappa shape index (κ2) is 9.55. The van der Waals surface area contributed by atoms with Crippen molar-refractivity contribution in [1.82, 2.24) is 30.1 Å². The third-order valence-electron chi connectivity index (χ3n) is 7.56. The standard InChI is InChI=1S/C26H27FN6O4/c27-20-12-30-33-22(26(36)29-11-18-13-32-5-3-16(18)4-6-32)9-21(31-24(20)33)25(35)28-10-15-1-2-23-17(7-15)8-19(34)14-37-23/h1-2,7,9,12,16,18H,3-6,8,10-11,13-14H2,(H,28,35)(H,29,36)/t18-/m1/s1. The fraction of sp³-hybridized carbons (Fsp3) is 0.423. The Labute approximate surface area is 212 Å². The highest BCUT2D eigenvalue weighted by atomic mass is 19.1. The lowest BCUT2D eigenvalue weighted by atomic mass is 9.79. The molecule has 3 saturated heterocycles. The molecule has 1 aromatic carbocycles. The van der Waals surface area contributed by atoms with Crippen molar-refractivity contribution in [3.63, 3.8) is 0 Å². The monoisotopic (exact) mass is 506 g/mol. The molecule has 1 atom stereocenters. The number of nitrogens with one attached hydrogen (secondary N) is 2. The summed E-state index contributed by atoms with van der Waals surface area (Å²) >= 11 is 0. The number of benzene rings is 1. The van der Waals surface area contributed by atoms with Gasteiger partial charge in [-0.3, -0.25) is 14.4 Å². The quantitative estimate of drug-likeness (QED) is 0.519. The molecule has 0 unspecified atom stereocenters. The van der Waals surface area contributed by atoms with Crippen LogP contribution in [0.4, 0.5) is 4.39 Å². The lowest BCUT2D eigenvalue weighted by Crippen LogP contribution is -2.50. The number of nitrogens with zero attached hydrogens (tertiary/aromatic N) is 4. The molecule has 2 bridgehead atoms. The first kappa shape index (κ1) is 23.5. The number of aromatic nitrogens is 3. The summed E-state index contributed by atoms with van der Waals surface area (Å²) in [6, 6.07) is 6.72. The normalized spacial score (nSPS) is 22.4. The number of piperidine rings is 3. The Morgan fingerprint density at radius 2 is 1.97 bits per heavy atom. The zero-order valence-corrected chi connectivity index (χ0v) is 20.2. The predicted molar refractivity (Wildman–Crippen MR) is 130 cm³/mol. The van der Waals surface area contributed by atoms with Crippen molar-refractivity contribution in [3.8, 4) is 5.75 Å². The second-order valence-corrected chi connectivity index (χ2v) is 9.99. The summed E-state index contributed by atoms with van der Waals surface area (Å²) in [6.07, 6.45) is 3.54. The highest BCUT2D eigenvalue weighted by Gasteiger charge is 2.34. The van der Waals surface area contributed by atoms with Crippen LogP contribution in [0.25, 0.3) is 5.65 Å². The van der Waals surface area contributed by atoms with E-state index in [4.69, 9.17) is 4.74 Å². The summed E-state index contributed by atoms with van der Waals surface area (Å²) in [5, 5.41) is 9.68. The van der Waals surface area contributed by atoms with E-state index in [2.05, 4.69) is 25.6 Å². The van der Waals surface area contributed by atoms with E-state index in [0.717, 1.165) is 54.3 Å². The zero-order chi connectivity index (χ0) is 25.5. The highest BCUT2D eigenvalue weighted by molar-refractivity contribution is 5.98. The topological polar surface area (TPSA) is 118 Å². The Hall–Kier alpha value is -3.86. The summed E-state index contributed by atoms with van der Waals surface area (Å²) in [7, 11) is 0. The first-order valence-corrected chi connectivity index (χ1v) is 12.5.